The molecule has 0 heterocycles. The highest BCUT2D eigenvalue weighted by Crippen LogP contribution is 2.26. The van der Waals surface area contributed by atoms with Gasteiger partial charge in [0.05, 0.1) is 6.54 Å². The number of amides is 2. The van der Waals surface area contributed by atoms with Crippen molar-refractivity contribution in [3.8, 4) is 0 Å². The van der Waals surface area contributed by atoms with Crippen LogP contribution in [0.5, 0.6) is 0 Å². The first-order valence-electron chi connectivity index (χ1n) is 8.98. The second-order valence-corrected chi connectivity index (χ2v) is 8.71. The van der Waals surface area contributed by atoms with Gasteiger partial charge in [-0.3, -0.25) is 0 Å². The van der Waals surface area contributed by atoms with Crippen LogP contribution < -0.4 is 5.32 Å². The van der Waals surface area contributed by atoms with Crippen molar-refractivity contribution in [2.45, 2.75) is 70.7 Å². The van der Waals surface area contributed by atoms with Gasteiger partial charge in [-0.05, 0) is 58.6 Å². The van der Waals surface area contributed by atoms with Crippen LogP contribution in [0.3, 0.4) is 0 Å². The molecule has 0 atom stereocenters. The fourth-order valence-corrected chi connectivity index (χ4v) is 3.53. The van der Waals surface area contributed by atoms with Gasteiger partial charge in [0.25, 0.3) is 0 Å². The van der Waals surface area contributed by atoms with E-state index in [-0.39, 0.29) is 18.6 Å². The van der Waals surface area contributed by atoms with Crippen molar-refractivity contribution in [1.82, 2.24) is 10.2 Å². The zero-order valence-electron chi connectivity index (χ0n) is 15.8. The van der Waals surface area contributed by atoms with E-state index in [4.69, 9.17) is 4.74 Å². The number of nitrogens with one attached hydrogen (secondary N) is 1. The monoisotopic (exact) mass is 444 g/mol. The van der Waals surface area contributed by atoms with Crippen molar-refractivity contribution in [2.24, 2.45) is 0 Å². The van der Waals surface area contributed by atoms with Crippen molar-refractivity contribution in [2.75, 3.05) is 0 Å². The predicted octanol–water partition coefficient (Wildman–Crippen LogP) is 4.90. The van der Waals surface area contributed by atoms with Gasteiger partial charge in [0, 0.05) is 22.1 Å². The maximum Gasteiger partial charge on any atom is 0.407 e. The Morgan fingerprint density at radius 1 is 1.30 bits per heavy atom. The highest BCUT2D eigenvalue weighted by molar-refractivity contribution is 9.10. The normalized spacial score (nSPS) is 20.0. The number of nitrogens with zero attached hydrogens (tertiary/aromatic N) is 1. The van der Waals surface area contributed by atoms with Crippen molar-refractivity contribution < 1.29 is 23.8 Å². The van der Waals surface area contributed by atoms with Crippen LogP contribution >= 0.6 is 15.9 Å². The van der Waals surface area contributed by atoms with Crippen LogP contribution in [0.4, 0.5) is 14.0 Å². The second-order valence-electron chi connectivity index (χ2n) is 7.80. The number of benzene rings is 1. The molecule has 1 aliphatic carbocycles. The Morgan fingerprint density at radius 2 is 1.93 bits per heavy atom. The Balaban J connectivity index is 1.93. The summed E-state index contributed by atoms with van der Waals surface area (Å²) >= 11 is 3.20. The van der Waals surface area contributed by atoms with E-state index in [1.807, 2.05) is 0 Å². The highest BCUT2D eigenvalue weighted by Gasteiger charge is 2.30. The summed E-state index contributed by atoms with van der Waals surface area (Å²) in [5, 5.41) is 12.4. The smallest absolute Gasteiger partial charge is 0.407 e. The summed E-state index contributed by atoms with van der Waals surface area (Å²) in [6.45, 7) is 5.41. The molecule has 2 N–H and O–H groups in total. The third-order valence-electron chi connectivity index (χ3n) is 4.46. The molecule has 8 heteroatoms. The van der Waals surface area contributed by atoms with Crippen LogP contribution in [0.15, 0.2) is 22.7 Å². The van der Waals surface area contributed by atoms with Gasteiger partial charge in [0.15, 0.2) is 0 Å². The van der Waals surface area contributed by atoms with E-state index in [0.29, 0.717) is 35.7 Å². The number of ether oxygens (including phenoxy) is 1. The van der Waals surface area contributed by atoms with E-state index in [1.54, 1.807) is 32.9 Å². The number of carbonyl (C=O) groups excluding carboxylic acids is 1. The van der Waals surface area contributed by atoms with Crippen LogP contribution in [0.1, 0.15) is 52.0 Å². The van der Waals surface area contributed by atoms with E-state index in [2.05, 4.69) is 21.2 Å². The molecule has 0 radical (unpaired) electrons. The minimum atomic E-state index is -1.07. The Kier molecular flexibility index (Phi) is 7.08. The van der Waals surface area contributed by atoms with Gasteiger partial charge in [-0.25, -0.2) is 14.0 Å². The van der Waals surface area contributed by atoms with Crippen LogP contribution in [-0.4, -0.2) is 39.9 Å². The zero-order valence-corrected chi connectivity index (χ0v) is 17.4. The fraction of sp³-hybridized carbons (Fsp3) is 0.579. The molecule has 0 unspecified atom stereocenters. The average molecular weight is 445 g/mol. The summed E-state index contributed by atoms with van der Waals surface area (Å²) in [5.74, 6) is -0.434. The lowest BCUT2D eigenvalue weighted by Crippen LogP contribution is -2.46. The molecule has 0 spiro atoms. The number of hydrogen-bond donors (Lipinski definition) is 2. The summed E-state index contributed by atoms with van der Waals surface area (Å²) < 4.78 is 19.9. The molecule has 1 saturated carbocycles. The van der Waals surface area contributed by atoms with Gasteiger partial charge in [0.2, 0.25) is 0 Å². The van der Waals surface area contributed by atoms with E-state index in [0.717, 1.165) is 0 Å². The topological polar surface area (TPSA) is 78.9 Å². The van der Waals surface area contributed by atoms with E-state index < -0.39 is 23.6 Å². The third-order valence-corrected chi connectivity index (χ3v) is 4.95. The molecule has 1 aliphatic rings. The maximum absolute atomic E-state index is 14.1. The molecule has 1 aromatic carbocycles. The molecule has 27 heavy (non-hydrogen) atoms. The molecule has 2 rings (SSSR count). The van der Waals surface area contributed by atoms with Crippen molar-refractivity contribution in [3.05, 3.63) is 34.1 Å². The summed E-state index contributed by atoms with van der Waals surface area (Å²) in [7, 11) is 0. The van der Waals surface area contributed by atoms with Gasteiger partial charge in [-0.2, -0.15) is 0 Å². The minimum Gasteiger partial charge on any atom is -0.465 e. The van der Waals surface area contributed by atoms with E-state index in [1.165, 1.54) is 11.0 Å². The molecule has 0 aromatic heterocycles. The van der Waals surface area contributed by atoms with Gasteiger partial charge in [-0.1, -0.05) is 22.0 Å². The standard InChI is InChI=1S/C19H26BrFN2O4/c1-19(2,3)27-17(24)22-14-6-8-15(9-7-14)23(18(25)26)11-12-4-5-13(20)10-16(12)21/h4-5,10,14-15H,6-9,11H2,1-3H3,(H,22,24)(H,25,26)/t14-,15-. The lowest BCUT2D eigenvalue weighted by Gasteiger charge is -2.35. The molecule has 150 valence electrons. The number of halogens is 2. The first-order chi connectivity index (χ1) is 12.5. The average Bonchev–Trinajstić information content (AvgIpc) is 2.53. The molecule has 0 aliphatic heterocycles. The predicted molar refractivity (Wildman–Crippen MR) is 103 cm³/mol. The largest absolute Gasteiger partial charge is 0.465 e. The first kappa shape index (κ1) is 21.5. The Morgan fingerprint density at radius 3 is 2.44 bits per heavy atom. The number of carboxylic acid groups (broad SMARTS) is 1. The van der Waals surface area contributed by atoms with E-state index >= 15 is 0 Å². The lowest BCUT2D eigenvalue weighted by molar-refractivity contribution is 0.0471. The fourth-order valence-electron chi connectivity index (χ4n) is 3.19. The molecular weight excluding hydrogens is 419 g/mol. The van der Waals surface area contributed by atoms with Crippen molar-refractivity contribution in [3.63, 3.8) is 0 Å². The maximum atomic E-state index is 14.1. The van der Waals surface area contributed by atoms with Gasteiger partial charge >= 0.3 is 12.2 Å². The van der Waals surface area contributed by atoms with Crippen molar-refractivity contribution in [1.29, 1.82) is 0 Å². The minimum absolute atomic E-state index is 0.00325. The molecular formula is C19H26BrFN2O4. The Labute approximate surface area is 167 Å². The second kappa shape index (κ2) is 8.91. The Bertz CT molecular complexity index is 685. The summed E-state index contributed by atoms with van der Waals surface area (Å²) in [4.78, 5) is 24.9. The van der Waals surface area contributed by atoms with Crippen LogP contribution in [0.25, 0.3) is 0 Å². The molecule has 0 bridgehead atoms. The number of rotatable bonds is 4. The lowest BCUT2D eigenvalue weighted by atomic mass is 9.90. The molecule has 6 nitrogen and oxygen atoms in total. The van der Waals surface area contributed by atoms with Crippen LogP contribution in [-0.2, 0) is 11.3 Å². The number of carbonyl (C=O) groups is 2. The number of hydrogen-bond acceptors (Lipinski definition) is 3. The summed E-state index contributed by atoms with van der Waals surface area (Å²) in [5.41, 5.74) is -0.217. The summed E-state index contributed by atoms with van der Waals surface area (Å²) in [6.07, 6.45) is 0.974. The molecule has 0 saturated heterocycles. The zero-order chi connectivity index (χ0) is 20.2. The summed E-state index contributed by atoms with van der Waals surface area (Å²) in [6, 6.07) is 4.36. The number of alkyl carbamates (subject to hydrolysis) is 1. The SMILES string of the molecule is CC(C)(C)OC(=O)N[C@H]1CC[C@H](N(Cc2ccc(Br)cc2F)C(=O)O)CC1. The molecule has 2 amide bonds. The first-order valence-corrected chi connectivity index (χ1v) is 9.77. The van der Waals surface area contributed by atoms with Crippen LogP contribution in [0.2, 0.25) is 0 Å². The molecule has 1 aromatic rings. The van der Waals surface area contributed by atoms with Crippen LogP contribution in [0, 0.1) is 5.82 Å². The van der Waals surface area contributed by atoms with Gasteiger partial charge in [0.1, 0.15) is 11.4 Å². The Hall–Kier alpha value is -1.83. The van der Waals surface area contributed by atoms with Gasteiger partial charge < -0.3 is 20.1 Å². The molecule has 1 fully saturated rings. The van der Waals surface area contributed by atoms with Crippen molar-refractivity contribution >= 4 is 28.1 Å². The van der Waals surface area contributed by atoms with E-state index in [9.17, 15) is 19.1 Å². The quantitative estimate of drug-likeness (QED) is 0.691. The highest BCUT2D eigenvalue weighted by atomic mass is 79.9. The third kappa shape index (κ3) is 6.68. The van der Waals surface area contributed by atoms with Gasteiger partial charge in [-0.15, -0.1) is 0 Å².